The van der Waals surface area contributed by atoms with E-state index in [0.717, 1.165) is 0 Å². The van der Waals surface area contributed by atoms with Gasteiger partial charge in [0.25, 0.3) is 5.56 Å². The summed E-state index contributed by atoms with van der Waals surface area (Å²) in [7, 11) is 0. The van der Waals surface area contributed by atoms with E-state index in [1.54, 1.807) is 12.3 Å². The van der Waals surface area contributed by atoms with E-state index in [1.165, 1.54) is 10.6 Å². The predicted molar refractivity (Wildman–Crippen MR) is 71.0 cm³/mol. The maximum absolute atomic E-state index is 12.1. The fourth-order valence-corrected chi connectivity index (χ4v) is 2.50. The smallest absolute Gasteiger partial charge is 0.259 e. The summed E-state index contributed by atoms with van der Waals surface area (Å²) in [6.07, 6.45) is 3.23. The molecule has 1 aromatic heterocycles. The van der Waals surface area contributed by atoms with Crippen LogP contribution in [0.4, 0.5) is 5.82 Å². The van der Waals surface area contributed by atoms with Crippen molar-refractivity contribution in [1.29, 1.82) is 0 Å². The van der Waals surface area contributed by atoms with E-state index in [9.17, 15) is 9.90 Å². The molecule has 0 spiro atoms. The third kappa shape index (κ3) is 2.17. The van der Waals surface area contributed by atoms with Gasteiger partial charge in [0.2, 0.25) is 0 Å². The third-order valence-electron chi connectivity index (χ3n) is 3.54. The Morgan fingerprint density at radius 2 is 2.37 bits per heavy atom. The molecule has 102 valence electrons. The van der Waals surface area contributed by atoms with Gasteiger partial charge < -0.3 is 14.7 Å². The number of hydrogen-bond donors (Lipinski definition) is 1. The lowest BCUT2D eigenvalue weighted by Crippen LogP contribution is -2.45. The quantitative estimate of drug-likeness (QED) is 0.793. The highest BCUT2D eigenvalue weighted by molar-refractivity contribution is 5.43. The molecule has 1 fully saturated rings. The Hall–Kier alpha value is -1.66. The molecule has 6 nitrogen and oxygen atoms in total. The molecule has 1 saturated heterocycles. The number of aliphatic hydroxyl groups excluding tert-OH is 1. The first-order valence-electron chi connectivity index (χ1n) is 6.49. The molecule has 3 rings (SSSR count). The highest BCUT2D eigenvalue weighted by Gasteiger charge is 2.24. The number of anilines is 1. The Balaban J connectivity index is 2.04. The minimum atomic E-state index is -0.714. The molecule has 1 aromatic rings. The topological polar surface area (TPSA) is 67.6 Å². The zero-order chi connectivity index (χ0) is 13.4. The number of fused-ring (bicyclic) bond motifs is 1. The van der Waals surface area contributed by atoms with Crippen LogP contribution in [0.5, 0.6) is 0 Å². The molecule has 3 heterocycles. The van der Waals surface area contributed by atoms with E-state index in [-0.39, 0.29) is 11.6 Å². The summed E-state index contributed by atoms with van der Waals surface area (Å²) in [4.78, 5) is 18.6. The number of hydrogen-bond acceptors (Lipinski definition) is 5. The second-order valence-electron chi connectivity index (χ2n) is 4.93. The Morgan fingerprint density at radius 1 is 1.53 bits per heavy atom. The minimum Gasteiger partial charge on any atom is -0.385 e. The van der Waals surface area contributed by atoms with Crippen LogP contribution in [0.1, 0.15) is 25.3 Å². The molecule has 2 atom stereocenters. The maximum Gasteiger partial charge on any atom is 0.259 e. The van der Waals surface area contributed by atoms with Crippen molar-refractivity contribution in [2.24, 2.45) is 0 Å². The Labute approximate surface area is 110 Å². The van der Waals surface area contributed by atoms with Crippen molar-refractivity contribution in [2.75, 3.05) is 24.7 Å². The van der Waals surface area contributed by atoms with E-state index >= 15 is 0 Å². The lowest BCUT2D eigenvalue weighted by Gasteiger charge is -2.34. The van der Waals surface area contributed by atoms with Crippen molar-refractivity contribution < 1.29 is 9.84 Å². The molecule has 2 aliphatic heterocycles. The van der Waals surface area contributed by atoms with Crippen molar-refractivity contribution in [1.82, 2.24) is 9.55 Å². The molecule has 0 radical (unpaired) electrons. The zero-order valence-corrected chi connectivity index (χ0v) is 10.8. The normalized spacial score (nSPS) is 26.3. The van der Waals surface area contributed by atoms with E-state index in [2.05, 4.69) is 9.88 Å². The zero-order valence-electron chi connectivity index (χ0n) is 10.8. The molecular formula is C13H17N3O3. The molecule has 0 aliphatic carbocycles. The monoisotopic (exact) mass is 263 g/mol. The van der Waals surface area contributed by atoms with Crippen LogP contribution in [0, 0.1) is 0 Å². The Kier molecular flexibility index (Phi) is 3.12. The van der Waals surface area contributed by atoms with E-state index in [0.29, 0.717) is 37.8 Å². The van der Waals surface area contributed by atoms with Crippen LogP contribution >= 0.6 is 0 Å². The number of morpholine rings is 1. The molecule has 0 saturated carbocycles. The van der Waals surface area contributed by atoms with Gasteiger partial charge in [-0.15, -0.1) is 0 Å². The van der Waals surface area contributed by atoms with Gasteiger partial charge in [0.15, 0.2) is 0 Å². The van der Waals surface area contributed by atoms with Gasteiger partial charge in [-0.1, -0.05) is 6.08 Å². The van der Waals surface area contributed by atoms with Gasteiger partial charge in [0.1, 0.15) is 17.7 Å². The summed E-state index contributed by atoms with van der Waals surface area (Å²) in [6, 6.07) is 1.70. The molecule has 1 N–H and O–H groups in total. The van der Waals surface area contributed by atoms with Crippen LogP contribution in [-0.2, 0) is 4.74 Å². The number of nitrogens with zero attached hydrogens (tertiary/aromatic N) is 3. The first-order valence-corrected chi connectivity index (χ1v) is 6.49. The highest BCUT2D eigenvalue weighted by atomic mass is 16.5. The molecule has 0 amide bonds. The summed E-state index contributed by atoms with van der Waals surface area (Å²) in [5, 5.41) is 9.96. The first-order chi connectivity index (χ1) is 9.16. The van der Waals surface area contributed by atoms with Gasteiger partial charge in [-0.2, -0.15) is 0 Å². The molecule has 2 aliphatic rings. The van der Waals surface area contributed by atoms with Crippen LogP contribution in [0.2, 0.25) is 0 Å². The predicted octanol–water partition coefficient (Wildman–Crippen LogP) is 0.376. The molecule has 0 aromatic carbocycles. The van der Waals surface area contributed by atoms with E-state index in [4.69, 9.17) is 4.74 Å². The van der Waals surface area contributed by atoms with Gasteiger partial charge in [-0.3, -0.25) is 9.36 Å². The van der Waals surface area contributed by atoms with Crippen molar-refractivity contribution in [3.8, 4) is 0 Å². The summed E-state index contributed by atoms with van der Waals surface area (Å²) in [5.41, 5.74) is -0.159. The first kappa shape index (κ1) is 12.4. The Bertz CT molecular complexity index is 567. The van der Waals surface area contributed by atoms with Crippen molar-refractivity contribution in [3.05, 3.63) is 28.3 Å². The Morgan fingerprint density at radius 3 is 3.16 bits per heavy atom. The van der Waals surface area contributed by atoms with Crippen molar-refractivity contribution in [3.63, 3.8) is 0 Å². The van der Waals surface area contributed by atoms with Crippen LogP contribution in [0.15, 0.2) is 16.9 Å². The van der Waals surface area contributed by atoms with Gasteiger partial charge >= 0.3 is 0 Å². The third-order valence-corrected chi connectivity index (χ3v) is 3.54. The van der Waals surface area contributed by atoms with Crippen molar-refractivity contribution >= 4 is 12.0 Å². The van der Waals surface area contributed by atoms with Crippen LogP contribution in [-0.4, -0.2) is 40.5 Å². The molecule has 1 unspecified atom stereocenters. The fourth-order valence-electron chi connectivity index (χ4n) is 2.50. The largest absolute Gasteiger partial charge is 0.385 e. The number of aliphatic hydroxyl groups is 1. The average Bonchev–Trinajstić information content (AvgIpc) is 2.40. The lowest BCUT2D eigenvalue weighted by atomic mass is 10.2. The molecular weight excluding hydrogens is 246 g/mol. The summed E-state index contributed by atoms with van der Waals surface area (Å²) < 4.78 is 6.79. The van der Waals surface area contributed by atoms with Crippen LogP contribution < -0.4 is 10.5 Å². The number of rotatable bonds is 1. The van der Waals surface area contributed by atoms with Gasteiger partial charge in [0.05, 0.1) is 19.3 Å². The molecule has 0 bridgehead atoms. The fraction of sp³-hybridized carbons (Fsp3) is 0.538. The summed E-state index contributed by atoms with van der Waals surface area (Å²) >= 11 is 0. The second-order valence-corrected chi connectivity index (χ2v) is 4.93. The van der Waals surface area contributed by atoms with Crippen molar-refractivity contribution in [2.45, 2.75) is 25.5 Å². The SMILES string of the molecule is C[C@@H]1COCCN1c1cc(=O)n2c(n1)C(O)CC=C2. The minimum absolute atomic E-state index is 0.159. The number of aromatic nitrogens is 2. The van der Waals surface area contributed by atoms with Crippen LogP contribution in [0.25, 0.3) is 6.20 Å². The second kappa shape index (κ2) is 4.79. The van der Waals surface area contributed by atoms with Crippen LogP contribution in [0.3, 0.4) is 0 Å². The summed E-state index contributed by atoms with van der Waals surface area (Å²) in [5.74, 6) is 1.05. The van der Waals surface area contributed by atoms with Gasteiger partial charge in [-0.05, 0) is 6.92 Å². The summed E-state index contributed by atoms with van der Waals surface area (Å²) in [6.45, 7) is 4.01. The van der Waals surface area contributed by atoms with E-state index < -0.39 is 6.10 Å². The molecule has 6 heteroatoms. The lowest BCUT2D eigenvalue weighted by molar-refractivity contribution is 0.0983. The molecule has 19 heavy (non-hydrogen) atoms. The van der Waals surface area contributed by atoms with Gasteiger partial charge in [0, 0.05) is 25.2 Å². The average molecular weight is 263 g/mol. The van der Waals surface area contributed by atoms with E-state index in [1.807, 2.05) is 6.92 Å². The number of ether oxygens (including phenoxy) is 1. The maximum atomic E-state index is 12.1. The highest BCUT2D eigenvalue weighted by Crippen LogP contribution is 2.22. The standard InChI is InChI=1S/C13H17N3O3/c1-9-8-19-6-5-15(9)11-7-12(18)16-4-2-3-10(17)13(16)14-11/h2,4,7,9-10,17H,3,5-6,8H2,1H3/t9-,10?/m1/s1. The van der Waals surface area contributed by atoms with Gasteiger partial charge in [-0.25, -0.2) is 4.98 Å².